The Labute approximate surface area is 243 Å². The van der Waals surface area contributed by atoms with Crippen LogP contribution in [0.3, 0.4) is 0 Å². The highest BCUT2D eigenvalue weighted by Crippen LogP contribution is 2.35. The van der Waals surface area contributed by atoms with Crippen LogP contribution in [0.25, 0.3) is 33.4 Å². The Balaban J connectivity index is 1.41. The van der Waals surface area contributed by atoms with E-state index in [1.165, 1.54) is 12.1 Å². The number of pyridine rings is 2. The first-order valence-corrected chi connectivity index (χ1v) is 13.4. The summed E-state index contributed by atoms with van der Waals surface area (Å²) in [6.45, 7) is 2.49. The van der Waals surface area contributed by atoms with Gasteiger partial charge in [-0.05, 0) is 59.5 Å². The van der Waals surface area contributed by atoms with Gasteiger partial charge < -0.3 is 19.8 Å². The average Bonchev–Trinajstić information content (AvgIpc) is 3.02. The number of carbonyl (C=O) groups excluding carboxylic acids is 1. The molecular weight excluding hydrogens is 533 g/mol. The molecule has 5 aromatic rings. The minimum atomic E-state index is -0.393. The van der Waals surface area contributed by atoms with Gasteiger partial charge in [0.25, 0.3) is 0 Å². The number of rotatable bonds is 9. The molecule has 0 radical (unpaired) electrons. The summed E-state index contributed by atoms with van der Waals surface area (Å²) in [4.78, 5) is 31.0. The number of Topliss-reactive ketones (excluding diaryl/α,β-unsaturated/α-hetero) is 1. The fourth-order valence-electron chi connectivity index (χ4n) is 4.81. The van der Waals surface area contributed by atoms with Crippen LogP contribution in [0.15, 0.2) is 96.2 Å². The standard InChI is InChI=1S/C34H30FN3O4/c1-4-38-19-28(23-9-12-26(35)13-10-23)33(40)29(20-38)30(39)15-21-5-7-22(8-6-21)27-16-25(18-37-34(27)36)24-11-14-31(41-2)32(17-24)42-3/h5-14,16-20H,4,15H2,1-3H3,(H2,36,37). The summed E-state index contributed by atoms with van der Waals surface area (Å²) in [5, 5.41) is 0. The number of ketones is 1. The first kappa shape index (κ1) is 28.3. The van der Waals surface area contributed by atoms with Crippen molar-refractivity contribution in [1.29, 1.82) is 0 Å². The summed E-state index contributed by atoms with van der Waals surface area (Å²) < 4.78 is 26.0. The second-order valence-corrected chi connectivity index (χ2v) is 9.78. The molecule has 0 aliphatic heterocycles. The van der Waals surface area contributed by atoms with Crippen molar-refractivity contribution in [2.45, 2.75) is 19.9 Å². The molecular formula is C34H30FN3O4. The van der Waals surface area contributed by atoms with Gasteiger partial charge in [0.2, 0.25) is 0 Å². The predicted molar refractivity (Wildman–Crippen MR) is 162 cm³/mol. The fourth-order valence-corrected chi connectivity index (χ4v) is 4.81. The lowest BCUT2D eigenvalue weighted by molar-refractivity contribution is 0.0991. The van der Waals surface area contributed by atoms with Crippen molar-refractivity contribution in [2.75, 3.05) is 20.0 Å². The van der Waals surface area contributed by atoms with Gasteiger partial charge in [0.1, 0.15) is 11.6 Å². The van der Waals surface area contributed by atoms with Gasteiger partial charge in [-0.1, -0.05) is 42.5 Å². The quantitative estimate of drug-likeness (QED) is 0.208. The number of carbonyl (C=O) groups is 1. The van der Waals surface area contributed by atoms with Gasteiger partial charge in [-0.25, -0.2) is 9.37 Å². The predicted octanol–water partition coefficient (Wildman–Crippen LogP) is 6.43. The molecule has 7 nitrogen and oxygen atoms in total. The van der Waals surface area contributed by atoms with E-state index in [2.05, 4.69) is 4.98 Å². The molecule has 2 aromatic heterocycles. The zero-order chi connectivity index (χ0) is 29.8. The van der Waals surface area contributed by atoms with Crippen LogP contribution in [-0.2, 0) is 13.0 Å². The average molecular weight is 564 g/mol. The molecule has 0 aliphatic carbocycles. The maximum atomic E-state index is 13.5. The Morgan fingerprint density at radius 3 is 2.14 bits per heavy atom. The van der Waals surface area contributed by atoms with Crippen molar-refractivity contribution in [3.05, 3.63) is 119 Å². The number of halogens is 1. The topological polar surface area (TPSA) is 96.4 Å². The number of ether oxygens (including phenoxy) is 2. The number of methoxy groups -OCH3 is 2. The lowest BCUT2D eigenvalue weighted by Crippen LogP contribution is -2.21. The van der Waals surface area contributed by atoms with Crippen molar-refractivity contribution < 1.29 is 18.7 Å². The number of hydrogen-bond acceptors (Lipinski definition) is 6. The third-order valence-electron chi connectivity index (χ3n) is 7.16. The van der Waals surface area contributed by atoms with Gasteiger partial charge in [-0.3, -0.25) is 9.59 Å². The Bertz CT molecular complexity index is 1810. The summed E-state index contributed by atoms with van der Waals surface area (Å²) in [7, 11) is 3.17. The monoisotopic (exact) mass is 563 g/mol. The Morgan fingerprint density at radius 2 is 1.48 bits per heavy atom. The van der Waals surface area contributed by atoms with Crippen LogP contribution in [0.4, 0.5) is 10.2 Å². The molecule has 212 valence electrons. The van der Waals surface area contributed by atoms with E-state index >= 15 is 0 Å². The highest BCUT2D eigenvalue weighted by atomic mass is 19.1. The van der Waals surface area contributed by atoms with Crippen LogP contribution < -0.4 is 20.6 Å². The number of benzene rings is 3. The molecule has 3 aromatic carbocycles. The van der Waals surface area contributed by atoms with E-state index in [1.807, 2.05) is 55.5 Å². The summed E-state index contributed by atoms with van der Waals surface area (Å²) in [5.74, 6) is 0.925. The third kappa shape index (κ3) is 5.78. The largest absolute Gasteiger partial charge is 0.493 e. The molecule has 8 heteroatoms. The Morgan fingerprint density at radius 1 is 0.833 bits per heavy atom. The third-order valence-corrected chi connectivity index (χ3v) is 7.16. The molecule has 2 N–H and O–H groups in total. The highest BCUT2D eigenvalue weighted by Gasteiger charge is 2.17. The van der Waals surface area contributed by atoms with Crippen molar-refractivity contribution in [3.8, 4) is 44.9 Å². The van der Waals surface area contributed by atoms with E-state index in [-0.39, 0.29) is 23.2 Å². The summed E-state index contributed by atoms with van der Waals surface area (Å²) in [6, 6.07) is 20.7. The molecule has 0 saturated heterocycles. The Hall–Kier alpha value is -5.24. The molecule has 42 heavy (non-hydrogen) atoms. The fraction of sp³-hybridized carbons (Fsp3) is 0.147. The lowest BCUT2D eigenvalue weighted by atomic mass is 9.97. The normalized spacial score (nSPS) is 10.9. The molecule has 0 amide bonds. The maximum Gasteiger partial charge on any atom is 0.200 e. The molecule has 0 fully saturated rings. The number of aromatic nitrogens is 2. The molecule has 0 saturated carbocycles. The van der Waals surface area contributed by atoms with E-state index in [0.29, 0.717) is 35.0 Å². The second-order valence-electron chi connectivity index (χ2n) is 9.78. The Kier molecular flexibility index (Phi) is 8.15. The number of aryl methyl sites for hydroxylation is 1. The first-order valence-electron chi connectivity index (χ1n) is 13.4. The van der Waals surface area contributed by atoms with Gasteiger partial charge >= 0.3 is 0 Å². The molecule has 0 atom stereocenters. The maximum absolute atomic E-state index is 13.5. The molecule has 0 aliphatic rings. The van der Waals surface area contributed by atoms with Gasteiger partial charge in [0, 0.05) is 48.2 Å². The van der Waals surface area contributed by atoms with E-state index in [0.717, 1.165) is 27.8 Å². The molecule has 0 unspecified atom stereocenters. The smallest absolute Gasteiger partial charge is 0.200 e. The lowest BCUT2D eigenvalue weighted by Gasteiger charge is -2.12. The van der Waals surface area contributed by atoms with E-state index in [1.54, 1.807) is 49.5 Å². The van der Waals surface area contributed by atoms with Crippen LogP contribution in [-0.4, -0.2) is 29.6 Å². The van der Waals surface area contributed by atoms with Gasteiger partial charge in [-0.2, -0.15) is 0 Å². The van der Waals surface area contributed by atoms with Crippen LogP contribution in [0.5, 0.6) is 11.5 Å². The number of nitrogens with zero attached hydrogens (tertiary/aromatic N) is 2. The van der Waals surface area contributed by atoms with E-state index in [4.69, 9.17) is 15.2 Å². The number of nitrogen functional groups attached to an aromatic ring is 1. The minimum Gasteiger partial charge on any atom is -0.493 e. The SMILES string of the molecule is CCn1cc(C(=O)Cc2ccc(-c3cc(-c4ccc(OC)c(OC)c4)cnc3N)cc2)c(=O)c(-c2ccc(F)cc2)c1. The van der Waals surface area contributed by atoms with Gasteiger partial charge in [-0.15, -0.1) is 0 Å². The summed E-state index contributed by atoms with van der Waals surface area (Å²) >= 11 is 0. The van der Waals surface area contributed by atoms with Crippen LogP contribution >= 0.6 is 0 Å². The number of nitrogens with two attached hydrogens (primary N) is 1. The van der Waals surface area contributed by atoms with Crippen molar-refractivity contribution in [3.63, 3.8) is 0 Å². The number of hydrogen-bond donors (Lipinski definition) is 1. The zero-order valence-corrected chi connectivity index (χ0v) is 23.6. The molecule has 5 rings (SSSR count). The first-order chi connectivity index (χ1) is 20.3. The van der Waals surface area contributed by atoms with Crippen molar-refractivity contribution >= 4 is 11.6 Å². The minimum absolute atomic E-state index is 0.0471. The van der Waals surface area contributed by atoms with Crippen molar-refractivity contribution in [2.24, 2.45) is 0 Å². The van der Waals surface area contributed by atoms with Crippen LogP contribution in [0, 0.1) is 5.82 Å². The molecule has 0 bridgehead atoms. The molecule has 2 heterocycles. The number of anilines is 1. The zero-order valence-electron chi connectivity index (χ0n) is 23.6. The van der Waals surface area contributed by atoms with Gasteiger partial charge in [0.15, 0.2) is 22.7 Å². The van der Waals surface area contributed by atoms with E-state index < -0.39 is 5.82 Å². The molecule has 0 spiro atoms. The highest BCUT2D eigenvalue weighted by molar-refractivity contribution is 5.98. The summed E-state index contributed by atoms with van der Waals surface area (Å²) in [6.07, 6.45) is 5.02. The van der Waals surface area contributed by atoms with Crippen LogP contribution in [0.2, 0.25) is 0 Å². The van der Waals surface area contributed by atoms with Gasteiger partial charge in [0.05, 0.1) is 19.8 Å². The second kappa shape index (κ2) is 12.1. The van der Waals surface area contributed by atoms with Crippen molar-refractivity contribution in [1.82, 2.24) is 9.55 Å². The van der Waals surface area contributed by atoms with Crippen LogP contribution in [0.1, 0.15) is 22.8 Å². The summed E-state index contributed by atoms with van der Waals surface area (Å²) in [5.41, 5.74) is 11.0. The van der Waals surface area contributed by atoms with E-state index in [9.17, 15) is 14.0 Å².